The lowest BCUT2D eigenvalue weighted by Gasteiger charge is -2.40. The highest BCUT2D eigenvalue weighted by molar-refractivity contribution is 7.89. The summed E-state index contributed by atoms with van der Waals surface area (Å²) in [5, 5.41) is 10.7. The Morgan fingerprint density at radius 2 is 1.55 bits per heavy atom. The summed E-state index contributed by atoms with van der Waals surface area (Å²) in [5.74, 6) is 0.948. The van der Waals surface area contributed by atoms with Crippen LogP contribution < -0.4 is 5.32 Å². The van der Waals surface area contributed by atoms with Gasteiger partial charge in [-0.3, -0.25) is 4.90 Å². The highest BCUT2D eigenvalue weighted by atomic mass is 32.2. The fourth-order valence-electron chi connectivity index (χ4n) is 4.88. The third kappa shape index (κ3) is 4.59. The molecular formula is C24H29N5O3S. The molecule has 0 amide bonds. The molecule has 2 saturated heterocycles. The molecule has 3 heterocycles. The van der Waals surface area contributed by atoms with Gasteiger partial charge in [0.15, 0.2) is 0 Å². The molecule has 0 spiro atoms. The molecule has 9 heteroatoms. The number of hydrogen-bond acceptors (Lipinski definition) is 7. The number of aromatic nitrogens is 2. The highest BCUT2D eigenvalue weighted by Gasteiger charge is 2.41. The quantitative estimate of drug-likeness (QED) is 0.596. The summed E-state index contributed by atoms with van der Waals surface area (Å²) >= 11 is 0. The Hall–Kier alpha value is -2.59. The van der Waals surface area contributed by atoms with Crippen molar-refractivity contribution >= 4 is 10.0 Å². The highest BCUT2D eigenvalue weighted by Crippen LogP contribution is 2.32. The molecule has 3 aromatic rings. The molecule has 174 valence electrons. The molecule has 2 atom stereocenters. The summed E-state index contributed by atoms with van der Waals surface area (Å²) in [6, 6.07) is 20.7. The number of rotatable bonds is 6. The maximum Gasteiger partial charge on any atom is 0.233 e. The van der Waals surface area contributed by atoms with Crippen molar-refractivity contribution in [3.05, 3.63) is 83.6 Å². The first-order chi connectivity index (χ1) is 16.0. The Morgan fingerprint density at radius 3 is 2.09 bits per heavy atom. The Morgan fingerprint density at radius 1 is 0.939 bits per heavy atom. The van der Waals surface area contributed by atoms with Gasteiger partial charge in [0.05, 0.1) is 17.3 Å². The number of nitrogens with one attached hydrogen (secondary N) is 1. The molecular weight excluding hydrogens is 438 g/mol. The first-order valence-electron chi connectivity index (χ1n) is 11.4. The maximum absolute atomic E-state index is 13.4. The van der Waals surface area contributed by atoms with Gasteiger partial charge in [0.25, 0.3) is 0 Å². The minimum Gasteiger partial charge on any atom is -0.424 e. The Kier molecular flexibility index (Phi) is 6.29. The SMILES string of the molecule is Cc1nnc(C2CC(S(=O)(=O)N3CCN(C(c4ccccc4)c4ccccc4)CC3)CN2)o1. The van der Waals surface area contributed by atoms with Gasteiger partial charge >= 0.3 is 0 Å². The lowest BCUT2D eigenvalue weighted by atomic mass is 9.96. The van der Waals surface area contributed by atoms with E-state index in [-0.39, 0.29) is 12.1 Å². The average Bonchev–Trinajstić information content (AvgIpc) is 3.51. The molecule has 0 radical (unpaired) electrons. The summed E-state index contributed by atoms with van der Waals surface area (Å²) in [6.07, 6.45) is 0.445. The lowest BCUT2D eigenvalue weighted by Crippen LogP contribution is -2.52. The normalized spacial score (nSPS) is 22.7. The van der Waals surface area contributed by atoms with Crippen LogP contribution in [0.1, 0.15) is 41.4 Å². The number of aryl methyl sites for hydroxylation is 1. The number of piperazine rings is 1. The predicted octanol–water partition coefficient (Wildman–Crippen LogP) is 2.52. The standard InChI is InChI=1S/C24H29N5O3S/c1-18-26-27-24(32-18)22-16-21(17-25-22)33(30,31)29-14-12-28(13-15-29)23(19-8-4-2-5-9-19)20-10-6-3-7-11-20/h2-11,21-23,25H,12-17H2,1H3. The largest absolute Gasteiger partial charge is 0.424 e. The van der Waals surface area contributed by atoms with E-state index in [2.05, 4.69) is 68.9 Å². The fraction of sp³-hybridized carbons (Fsp3) is 0.417. The summed E-state index contributed by atoms with van der Waals surface area (Å²) in [5.41, 5.74) is 2.44. The third-order valence-electron chi connectivity index (χ3n) is 6.58. The van der Waals surface area contributed by atoms with Gasteiger partial charge in [0.2, 0.25) is 21.8 Å². The van der Waals surface area contributed by atoms with E-state index in [4.69, 9.17) is 4.42 Å². The van der Waals surface area contributed by atoms with Crippen LogP contribution in [0.25, 0.3) is 0 Å². The molecule has 1 aromatic heterocycles. The van der Waals surface area contributed by atoms with Crippen molar-refractivity contribution in [1.82, 2.24) is 24.7 Å². The predicted molar refractivity (Wildman–Crippen MR) is 125 cm³/mol. The smallest absolute Gasteiger partial charge is 0.233 e. The monoisotopic (exact) mass is 467 g/mol. The van der Waals surface area contributed by atoms with Gasteiger partial charge in [-0.1, -0.05) is 60.7 Å². The minimum absolute atomic E-state index is 0.107. The summed E-state index contributed by atoms with van der Waals surface area (Å²) < 4.78 is 33.9. The zero-order valence-electron chi connectivity index (χ0n) is 18.7. The lowest BCUT2D eigenvalue weighted by molar-refractivity contribution is 0.155. The molecule has 2 fully saturated rings. The van der Waals surface area contributed by atoms with Crippen molar-refractivity contribution < 1.29 is 12.8 Å². The molecule has 0 saturated carbocycles. The second-order valence-corrected chi connectivity index (χ2v) is 10.9. The zero-order valence-corrected chi connectivity index (χ0v) is 19.5. The van der Waals surface area contributed by atoms with Crippen LogP contribution in [0.4, 0.5) is 0 Å². The summed E-state index contributed by atoms with van der Waals surface area (Å²) in [4.78, 5) is 2.38. The van der Waals surface area contributed by atoms with E-state index in [9.17, 15) is 8.42 Å². The van der Waals surface area contributed by atoms with Crippen LogP contribution in [-0.2, 0) is 10.0 Å². The summed E-state index contributed by atoms with van der Waals surface area (Å²) in [7, 11) is -3.42. The number of sulfonamides is 1. The van der Waals surface area contributed by atoms with Crippen LogP contribution in [0.15, 0.2) is 65.1 Å². The number of benzene rings is 2. The zero-order chi connectivity index (χ0) is 22.8. The molecule has 2 unspecified atom stereocenters. The van der Waals surface area contributed by atoms with Crippen LogP contribution in [0.2, 0.25) is 0 Å². The van der Waals surface area contributed by atoms with E-state index in [0.29, 0.717) is 50.9 Å². The molecule has 2 aromatic carbocycles. The molecule has 2 aliphatic heterocycles. The van der Waals surface area contributed by atoms with Crippen molar-refractivity contribution in [2.45, 2.75) is 30.7 Å². The fourth-order valence-corrected chi connectivity index (χ4v) is 6.72. The van der Waals surface area contributed by atoms with Crippen LogP contribution in [-0.4, -0.2) is 65.8 Å². The van der Waals surface area contributed by atoms with E-state index in [0.717, 1.165) is 0 Å². The minimum atomic E-state index is -3.42. The van der Waals surface area contributed by atoms with E-state index < -0.39 is 15.3 Å². The third-order valence-corrected chi connectivity index (χ3v) is 8.87. The Bertz CT molecular complexity index is 1120. The van der Waals surface area contributed by atoms with E-state index in [1.165, 1.54) is 11.1 Å². The second kappa shape index (κ2) is 9.34. The van der Waals surface area contributed by atoms with Gasteiger partial charge in [0, 0.05) is 39.6 Å². The Balaban J connectivity index is 1.28. The van der Waals surface area contributed by atoms with Gasteiger partial charge in [-0.15, -0.1) is 10.2 Å². The van der Waals surface area contributed by atoms with Crippen LogP contribution >= 0.6 is 0 Å². The first-order valence-corrected chi connectivity index (χ1v) is 12.9. The maximum atomic E-state index is 13.4. The molecule has 1 N–H and O–H groups in total. The van der Waals surface area contributed by atoms with E-state index in [1.807, 2.05) is 12.1 Å². The number of hydrogen-bond donors (Lipinski definition) is 1. The van der Waals surface area contributed by atoms with Crippen molar-refractivity contribution in [2.24, 2.45) is 0 Å². The van der Waals surface area contributed by atoms with Gasteiger partial charge < -0.3 is 9.73 Å². The van der Waals surface area contributed by atoms with Crippen molar-refractivity contribution in [3.8, 4) is 0 Å². The van der Waals surface area contributed by atoms with Crippen LogP contribution in [0.5, 0.6) is 0 Å². The molecule has 8 nitrogen and oxygen atoms in total. The second-order valence-electron chi connectivity index (χ2n) is 8.68. The number of nitrogens with zero attached hydrogens (tertiary/aromatic N) is 4. The topological polar surface area (TPSA) is 91.6 Å². The first kappa shape index (κ1) is 22.2. The van der Waals surface area contributed by atoms with Crippen molar-refractivity contribution in [1.29, 1.82) is 0 Å². The van der Waals surface area contributed by atoms with E-state index in [1.54, 1.807) is 11.2 Å². The molecule has 0 aliphatic carbocycles. The van der Waals surface area contributed by atoms with Gasteiger partial charge in [-0.25, -0.2) is 8.42 Å². The molecule has 2 aliphatic rings. The van der Waals surface area contributed by atoms with Gasteiger partial charge in [-0.05, 0) is 17.5 Å². The van der Waals surface area contributed by atoms with Crippen LogP contribution in [0, 0.1) is 6.92 Å². The molecule has 0 bridgehead atoms. The molecule has 5 rings (SSSR count). The van der Waals surface area contributed by atoms with Crippen molar-refractivity contribution in [3.63, 3.8) is 0 Å². The van der Waals surface area contributed by atoms with Crippen LogP contribution in [0.3, 0.4) is 0 Å². The summed E-state index contributed by atoms with van der Waals surface area (Å²) in [6.45, 7) is 4.46. The molecule has 33 heavy (non-hydrogen) atoms. The average molecular weight is 468 g/mol. The van der Waals surface area contributed by atoms with E-state index >= 15 is 0 Å². The Labute approximate surface area is 194 Å². The van der Waals surface area contributed by atoms with Crippen molar-refractivity contribution in [2.75, 3.05) is 32.7 Å². The van der Waals surface area contributed by atoms with Gasteiger partial charge in [0.1, 0.15) is 0 Å². The van der Waals surface area contributed by atoms with Gasteiger partial charge in [-0.2, -0.15) is 4.31 Å².